The van der Waals surface area contributed by atoms with Gasteiger partial charge >= 0.3 is 11.9 Å². The Balaban J connectivity index is 2.76. The molecule has 0 bridgehead atoms. The van der Waals surface area contributed by atoms with E-state index in [4.69, 9.17) is 14.2 Å². The first-order chi connectivity index (χ1) is 12.7. The van der Waals surface area contributed by atoms with Gasteiger partial charge in [0.25, 0.3) is 5.69 Å². The van der Waals surface area contributed by atoms with Gasteiger partial charge in [0.2, 0.25) is 0 Å². The molecule has 1 aliphatic rings. The van der Waals surface area contributed by atoms with Crippen molar-refractivity contribution in [3.05, 3.63) is 51.4 Å². The first-order valence-corrected chi connectivity index (χ1v) is 7.60. The highest BCUT2D eigenvalue weighted by atomic mass is 16.6. The molecule has 0 radical (unpaired) electrons. The second-order valence-electron chi connectivity index (χ2n) is 5.58. The van der Waals surface area contributed by atoms with Gasteiger partial charge in [0, 0.05) is 31.3 Å². The maximum atomic E-state index is 12.3. The third-order valence-electron chi connectivity index (χ3n) is 3.96. The van der Waals surface area contributed by atoms with Crippen LogP contribution in [0.15, 0.2) is 35.7 Å². The van der Waals surface area contributed by atoms with Crippen LogP contribution in [0.25, 0.3) is 0 Å². The average molecular weight is 377 g/mol. The molecule has 0 fully saturated rings. The van der Waals surface area contributed by atoms with Crippen LogP contribution in [0.3, 0.4) is 0 Å². The molecule has 0 atom stereocenters. The van der Waals surface area contributed by atoms with Gasteiger partial charge in [0.1, 0.15) is 5.75 Å². The molecule has 10 heteroatoms. The number of nitrogens with zero attached hydrogens (tertiary/aromatic N) is 2. The van der Waals surface area contributed by atoms with Crippen LogP contribution in [-0.4, -0.2) is 50.1 Å². The Labute approximate surface area is 154 Å². The number of ether oxygens (including phenoxy) is 3. The number of esters is 2. The zero-order chi connectivity index (χ0) is 20.3. The summed E-state index contributed by atoms with van der Waals surface area (Å²) in [7, 11) is 5.11. The lowest BCUT2D eigenvalue weighted by Gasteiger charge is -2.28. The fourth-order valence-corrected chi connectivity index (χ4v) is 2.79. The van der Waals surface area contributed by atoms with Crippen molar-refractivity contribution in [3.8, 4) is 11.5 Å². The Kier molecular flexibility index (Phi) is 5.69. The predicted octanol–water partition coefficient (Wildman–Crippen LogP) is 0.820. The number of hydrogen-bond donors (Lipinski definition) is 0. The molecule has 0 aliphatic carbocycles. The standard InChI is InChI=1S/C17H18N2O8/c1-18-7-10(16(21)26-3)14(11(8-18)17(22)27-4)9-5-12(19(23)24)15(20)13(6-9)25-2/h5-8,14,20H,1-4H3/p-1. The summed E-state index contributed by atoms with van der Waals surface area (Å²) < 4.78 is 14.5. The fourth-order valence-electron chi connectivity index (χ4n) is 2.79. The summed E-state index contributed by atoms with van der Waals surface area (Å²) in [6.45, 7) is 0. The van der Waals surface area contributed by atoms with Gasteiger partial charge in [0.05, 0.1) is 43.3 Å². The van der Waals surface area contributed by atoms with Crippen molar-refractivity contribution in [2.45, 2.75) is 5.92 Å². The van der Waals surface area contributed by atoms with E-state index in [-0.39, 0.29) is 22.5 Å². The van der Waals surface area contributed by atoms with Crippen molar-refractivity contribution in [3.63, 3.8) is 0 Å². The van der Waals surface area contributed by atoms with Crippen LogP contribution in [0, 0.1) is 10.1 Å². The van der Waals surface area contributed by atoms with Crippen LogP contribution in [0.1, 0.15) is 11.5 Å². The topological polar surface area (TPSA) is 131 Å². The summed E-state index contributed by atoms with van der Waals surface area (Å²) in [5, 5.41) is 23.3. The van der Waals surface area contributed by atoms with Crippen molar-refractivity contribution in [1.82, 2.24) is 4.90 Å². The molecule has 144 valence electrons. The minimum atomic E-state index is -1.05. The third-order valence-corrected chi connectivity index (χ3v) is 3.96. The Bertz CT molecular complexity index is 825. The number of methoxy groups -OCH3 is 3. The molecule has 0 aromatic heterocycles. The van der Waals surface area contributed by atoms with Crippen molar-refractivity contribution in [2.75, 3.05) is 28.4 Å². The largest absolute Gasteiger partial charge is 0.865 e. The van der Waals surface area contributed by atoms with E-state index in [1.54, 1.807) is 7.05 Å². The summed E-state index contributed by atoms with van der Waals surface area (Å²) in [6, 6.07) is 2.26. The lowest BCUT2D eigenvalue weighted by molar-refractivity contribution is -0.398. The molecule has 10 nitrogen and oxygen atoms in total. The third kappa shape index (κ3) is 3.68. The maximum Gasteiger partial charge on any atom is 0.336 e. The second kappa shape index (κ2) is 7.77. The van der Waals surface area contributed by atoms with E-state index >= 15 is 0 Å². The first-order valence-electron chi connectivity index (χ1n) is 7.60. The zero-order valence-electron chi connectivity index (χ0n) is 15.0. The van der Waals surface area contributed by atoms with Crippen molar-refractivity contribution >= 4 is 17.6 Å². The van der Waals surface area contributed by atoms with Gasteiger partial charge in [-0.3, -0.25) is 10.1 Å². The molecule has 0 amide bonds. The molecule has 1 heterocycles. The van der Waals surface area contributed by atoms with Crippen LogP contribution >= 0.6 is 0 Å². The molecule has 1 aliphatic heterocycles. The number of hydrogen-bond acceptors (Lipinski definition) is 9. The highest BCUT2D eigenvalue weighted by Crippen LogP contribution is 2.42. The summed E-state index contributed by atoms with van der Waals surface area (Å²) in [5.74, 6) is -3.73. The lowest BCUT2D eigenvalue weighted by Crippen LogP contribution is -2.27. The van der Waals surface area contributed by atoms with E-state index in [0.29, 0.717) is 0 Å². The van der Waals surface area contributed by atoms with Crippen LogP contribution in [0.2, 0.25) is 0 Å². The molecular weight excluding hydrogens is 360 g/mol. The van der Waals surface area contributed by atoms with Crippen LogP contribution in [0.5, 0.6) is 11.5 Å². The van der Waals surface area contributed by atoms with Gasteiger partial charge in [0.15, 0.2) is 0 Å². The smallest absolute Gasteiger partial charge is 0.336 e. The van der Waals surface area contributed by atoms with Crippen LogP contribution in [0.4, 0.5) is 5.69 Å². The minimum absolute atomic E-state index is 0.0397. The van der Waals surface area contributed by atoms with Crippen molar-refractivity contribution in [1.29, 1.82) is 0 Å². The number of carbonyl (C=O) groups is 2. The van der Waals surface area contributed by atoms with E-state index in [2.05, 4.69) is 0 Å². The molecular formula is C17H17N2O8-. The van der Waals surface area contributed by atoms with Gasteiger partial charge in [-0.15, -0.1) is 0 Å². The molecule has 0 N–H and O–H groups in total. The molecule has 0 spiro atoms. The highest BCUT2D eigenvalue weighted by Gasteiger charge is 2.36. The SMILES string of the molecule is COC(=O)C1=CN(C)C=C(C(=O)OC)C1c1cc(OC)c([O-])c([N+](=O)[O-])c1. The molecule has 1 aromatic carbocycles. The van der Waals surface area contributed by atoms with Crippen LogP contribution in [-0.2, 0) is 19.1 Å². The highest BCUT2D eigenvalue weighted by molar-refractivity contribution is 5.98. The van der Waals surface area contributed by atoms with E-state index in [9.17, 15) is 24.8 Å². The lowest BCUT2D eigenvalue weighted by atomic mass is 9.83. The Morgan fingerprint density at radius 3 is 2.00 bits per heavy atom. The van der Waals surface area contributed by atoms with Gasteiger partial charge in [-0.25, -0.2) is 9.59 Å². The van der Waals surface area contributed by atoms with Gasteiger partial charge in [-0.05, 0) is 11.6 Å². The Morgan fingerprint density at radius 1 is 1.07 bits per heavy atom. The van der Waals surface area contributed by atoms with Crippen molar-refractivity contribution < 1.29 is 33.8 Å². The van der Waals surface area contributed by atoms with E-state index in [1.807, 2.05) is 0 Å². The molecule has 2 rings (SSSR count). The monoisotopic (exact) mass is 377 g/mol. The first kappa shape index (κ1) is 19.8. The Morgan fingerprint density at radius 2 is 1.59 bits per heavy atom. The summed E-state index contributed by atoms with van der Waals surface area (Å²) in [4.78, 5) is 36.4. The summed E-state index contributed by atoms with van der Waals surface area (Å²) in [6.07, 6.45) is 2.85. The number of nitro groups is 1. The van der Waals surface area contributed by atoms with Crippen LogP contribution < -0.4 is 9.84 Å². The predicted molar refractivity (Wildman–Crippen MR) is 89.8 cm³/mol. The summed E-state index contributed by atoms with van der Waals surface area (Å²) >= 11 is 0. The normalized spacial score (nSPS) is 14.1. The molecule has 0 saturated heterocycles. The minimum Gasteiger partial charge on any atom is -0.865 e. The fraction of sp³-hybridized carbons (Fsp3) is 0.294. The summed E-state index contributed by atoms with van der Waals surface area (Å²) in [5.41, 5.74) is -0.521. The number of nitro benzene ring substituents is 1. The Hall–Kier alpha value is -3.56. The van der Waals surface area contributed by atoms with Crippen molar-refractivity contribution in [2.24, 2.45) is 0 Å². The van der Waals surface area contributed by atoms with Gasteiger partial charge in [-0.1, -0.05) is 0 Å². The van der Waals surface area contributed by atoms with E-state index in [0.717, 1.165) is 6.07 Å². The number of carbonyl (C=O) groups excluding carboxylic acids is 2. The quantitative estimate of drug-likeness (QED) is 0.415. The zero-order valence-corrected chi connectivity index (χ0v) is 15.0. The molecule has 27 heavy (non-hydrogen) atoms. The maximum absolute atomic E-state index is 12.3. The van der Waals surface area contributed by atoms with Gasteiger partial charge in [-0.2, -0.15) is 0 Å². The number of benzene rings is 1. The molecule has 0 unspecified atom stereocenters. The number of rotatable bonds is 5. The second-order valence-corrected chi connectivity index (χ2v) is 5.58. The van der Waals surface area contributed by atoms with E-state index in [1.165, 1.54) is 44.7 Å². The van der Waals surface area contributed by atoms with E-state index < -0.39 is 34.2 Å². The molecule has 0 saturated carbocycles. The average Bonchev–Trinajstić information content (AvgIpc) is 2.66. The van der Waals surface area contributed by atoms with Gasteiger partial charge < -0.3 is 24.2 Å². The molecule has 1 aromatic rings.